The minimum atomic E-state index is -1.16. The van der Waals surface area contributed by atoms with Gasteiger partial charge in [-0.15, -0.1) is 0 Å². The molecule has 1 aromatic rings. The van der Waals surface area contributed by atoms with Crippen molar-refractivity contribution in [2.24, 2.45) is 5.73 Å². The fourth-order valence-electron chi connectivity index (χ4n) is 2.57. The number of carbonyl (C=O) groups is 1. The number of rotatable bonds is 2. The van der Waals surface area contributed by atoms with Gasteiger partial charge >= 0.3 is 5.97 Å². The molecule has 0 amide bonds. The lowest BCUT2D eigenvalue weighted by molar-refractivity contribution is -0.138. The average molecular weight is 251 g/mol. The lowest BCUT2D eigenvalue weighted by atomic mass is 9.94. The van der Waals surface area contributed by atoms with Gasteiger partial charge in [-0.3, -0.25) is 4.79 Å². The molecule has 3 rings (SSSR count). The van der Waals surface area contributed by atoms with Crippen LogP contribution < -0.4 is 15.2 Å². The van der Waals surface area contributed by atoms with Crippen molar-refractivity contribution in [2.45, 2.75) is 18.9 Å². The Kier molecular flexibility index (Phi) is 2.34. The molecule has 18 heavy (non-hydrogen) atoms. The van der Waals surface area contributed by atoms with Crippen LogP contribution in [0.2, 0.25) is 0 Å². The van der Waals surface area contributed by atoms with Crippen LogP contribution in [-0.4, -0.2) is 29.4 Å². The molecule has 0 spiro atoms. The lowest BCUT2D eigenvalue weighted by Gasteiger charge is -2.17. The molecule has 0 fully saturated rings. The first-order valence-corrected chi connectivity index (χ1v) is 5.75. The number of ether oxygens (including phenoxy) is 2. The minimum absolute atomic E-state index is 0.0661. The van der Waals surface area contributed by atoms with E-state index in [0.29, 0.717) is 54.2 Å². The Hall–Kier alpha value is -1.95. The van der Waals surface area contributed by atoms with Gasteiger partial charge in [0.25, 0.3) is 0 Å². The van der Waals surface area contributed by atoms with E-state index >= 15 is 0 Å². The summed E-state index contributed by atoms with van der Waals surface area (Å²) in [5.74, 6) is -0.263. The highest BCUT2D eigenvalue weighted by molar-refractivity contribution is 5.80. The first kappa shape index (κ1) is 11.2. The number of carboxylic acids is 1. The van der Waals surface area contributed by atoms with Gasteiger partial charge < -0.3 is 25.4 Å². The minimum Gasteiger partial charge on any atom is -0.504 e. The first-order valence-electron chi connectivity index (χ1n) is 5.75. The highest BCUT2D eigenvalue weighted by Gasteiger charge is 2.35. The molecule has 1 atom stereocenters. The summed E-state index contributed by atoms with van der Waals surface area (Å²) in [7, 11) is 0. The largest absolute Gasteiger partial charge is 0.504 e. The molecule has 0 saturated heterocycles. The highest BCUT2D eigenvalue weighted by atomic mass is 16.5. The summed E-state index contributed by atoms with van der Waals surface area (Å²) < 4.78 is 10.8. The van der Waals surface area contributed by atoms with Gasteiger partial charge in [-0.05, 0) is 0 Å². The Balaban J connectivity index is 2.27. The maximum atomic E-state index is 11.1. The summed E-state index contributed by atoms with van der Waals surface area (Å²) >= 11 is 0. The third-order valence-corrected chi connectivity index (χ3v) is 3.39. The van der Waals surface area contributed by atoms with Crippen molar-refractivity contribution in [1.29, 1.82) is 0 Å². The summed E-state index contributed by atoms with van der Waals surface area (Å²) in [5.41, 5.74) is 7.42. The number of benzene rings is 1. The van der Waals surface area contributed by atoms with E-state index < -0.39 is 12.0 Å². The maximum absolute atomic E-state index is 11.1. The van der Waals surface area contributed by atoms with E-state index in [2.05, 4.69) is 0 Å². The van der Waals surface area contributed by atoms with E-state index in [-0.39, 0.29) is 5.75 Å². The van der Waals surface area contributed by atoms with Crippen molar-refractivity contribution in [3.05, 3.63) is 16.7 Å². The van der Waals surface area contributed by atoms with Crippen LogP contribution in [0.1, 0.15) is 22.7 Å². The van der Waals surface area contributed by atoms with Crippen LogP contribution in [0.15, 0.2) is 0 Å². The molecule has 2 aliphatic heterocycles. The Morgan fingerprint density at radius 2 is 1.78 bits per heavy atom. The number of phenols is 1. The van der Waals surface area contributed by atoms with Gasteiger partial charge in [-0.2, -0.15) is 0 Å². The zero-order valence-electron chi connectivity index (χ0n) is 9.60. The molecule has 6 heteroatoms. The molecule has 0 bridgehead atoms. The van der Waals surface area contributed by atoms with Gasteiger partial charge in [0.1, 0.15) is 11.8 Å². The Labute approximate surface area is 103 Å². The Morgan fingerprint density at radius 3 is 2.44 bits per heavy atom. The van der Waals surface area contributed by atoms with Gasteiger partial charge in [-0.25, -0.2) is 0 Å². The molecule has 0 radical (unpaired) electrons. The van der Waals surface area contributed by atoms with Crippen LogP contribution >= 0.6 is 0 Å². The van der Waals surface area contributed by atoms with Crippen molar-refractivity contribution in [3.63, 3.8) is 0 Å². The Morgan fingerprint density at radius 1 is 1.17 bits per heavy atom. The van der Waals surface area contributed by atoms with Gasteiger partial charge in [0, 0.05) is 29.5 Å². The van der Waals surface area contributed by atoms with Crippen molar-refractivity contribution < 1.29 is 24.5 Å². The summed E-state index contributed by atoms with van der Waals surface area (Å²) in [6.07, 6.45) is 1.08. The summed E-state index contributed by atoms with van der Waals surface area (Å²) in [6.45, 7) is 0.844. The predicted molar refractivity (Wildman–Crippen MR) is 61.1 cm³/mol. The number of hydrogen-bond acceptors (Lipinski definition) is 5. The van der Waals surface area contributed by atoms with Crippen LogP contribution in [0.25, 0.3) is 0 Å². The summed E-state index contributed by atoms with van der Waals surface area (Å²) in [6, 6.07) is -1.16. The topological polar surface area (TPSA) is 102 Å². The van der Waals surface area contributed by atoms with Crippen LogP contribution in [0.5, 0.6) is 17.2 Å². The molecule has 1 unspecified atom stereocenters. The number of carboxylic acid groups (broad SMARTS) is 1. The fourth-order valence-corrected chi connectivity index (χ4v) is 2.57. The highest BCUT2D eigenvalue weighted by Crippen LogP contribution is 2.49. The average Bonchev–Trinajstić information content (AvgIpc) is 2.96. The normalized spacial score (nSPS) is 17.6. The zero-order valence-corrected chi connectivity index (χ0v) is 9.60. The number of hydrogen-bond donors (Lipinski definition) is 3. The van der Waals surface area contributed by atoms with E-state index in [0.717, 1.165) is 0 Å². The first-order chi connectivity index (χ1) is 8.61. The SMILES string of the molecule is NC(C(=O)O)c1c2c(c(O)c3c1OCC3)OCC2. The standard InChI is InChI=1S/C12H13NO5/c13-8(12(15)16)7-5-1-3-18-11(5)9(14)6-2-4-17-10(6)7/h8,14H,1-4,13H2,(H,15,16). The second-order valence-corrected chi connectivity index (χ2v) is 4.39. The molecule has 2 aliphatic rings. The maximum Gasteiger partial charge on any atom is 0.325 e. The zero-order chi connectivity index (χ0) is 12.9. The number of aromatic hydroxyl groups is 1. The second-order valence-electron chi connectivity index (χ2n) is 4.39. The van der Waals surface area contributed by atoms with Gasteiger partial charge in [-0.1, -0.05) is 0 Å². The Bertz CT molecular complexity index is 505. The molecule has 0 aliphatic carbocycles. The molecular weight excluding hydrogens is 238 g/mol. The van der Waals surface area contributed by atoms with Crippen molar-refractivity contribution >= 4 is 5.97 Å². The van der Waals surface area contributed by atoms with E-state index in [1.807, 2.05) is 0 Å². The number of phenolic OH excluding ortho intramolecular Hbond substituents is 1. The number of nitrogens with two attached hydrogens (primary N) is 1. The lowest BCUT2D eigenvalue weighted by Crippen LogP contribution is -2.22. The third kappa shape index (κ3) is 1.35. The number of fused-ring (bicyclic) bond motifs is 2. The van der Waals surface area contributed by atoms with E-state index in [9.17, 15) is 9.90 Å². The molecule has 96 valence electrons. The summed E-state index contributed by atoms with van der Waals surface area (Å²) in [5, 5.41) is 19.2. The molecule has 4 N–H and O–H groups in total. The van der Waals surface area contributed by atoms with Crippen LogP contribution in [-0.2, 0) is 17.6 Å². The van der Waals surface area contributed by atoms with Crippen molar-refractivity contribution in [1.82, 2.24) is 0 Å². The van der Waals surface area contributed by atoms with E-state index in [4.69, 9.17) is 20.3 Å². The van der Waals surface area contributed by atoms with E-state index in [1.165, 1.54) is 0 Å². The predicted octanol–water partition coefficient (Wildman–Crippen LogP) is 0.346. The molecule has 6 nitrogen and oxygen atoms in total. The third-order valence-electron chi connectivity index (χ3n) is 3.39. The molecule has 0 aromatic heterocycles. The summed E-state index contributed by atoms with van der Waals surface area (Å²) in [4.78, 5) is 11.1. The smallest absolute Gasteiger partial charge is 0.325 e. The van der Waals surface area contributed by atoms with Gasteiger partial charge in [0.05, 0.1) is 13.2 Å². The van der Waals surface area contributed by atoms with Gasteiger partial charge in [0.15, 0.2) is 11.5 Å². The van der Waals surface area contributed by atoms with Gasteiger partial charge in [0.2, 0.25) is 0 Å². The molecular formula is C12H13NO5. The molecule has 0 saturated carbocycles. The quantitative estimate of drug-likeness (QED) is 0.700. The van der Waals surface area contributed by atoms with Crippen LogP contribution in [0.3, 0.4) is 0 Å². The molecule has 2 heterocycles. The fraction of sp³-hybridized carbons (Fsp3) is 0.417. The van der Waals surface area contributed by atoms with Crippen molar-refractivity contribution in [3.8, 4) is 17.2 Å². The number of aliphatic carboxylic acids is 1. The van der Waals surface area contributed by atoms with E-state index in [1.54, 1.807) is 0 Å². The van der Waals surface area contributed by atoms with Crippen molar-refractivity contribution in [2.75, 3.05) is 13.2 Å². The monoisotopic (exact) mass is 251 g/mol. The van der Waals surface area contributed by atoms with Crippen LogP contribution in [0.4, 0.5) is 0 Å². The molecule has 1 aromatic carbocycles. The van der Waals surface area contributed by atoms with Crippen LogP contribution in [0, 0.1) is 0 Å². The second kappa shape index (κ2) is 3.78.